The van der Waals surface area contributed by atoms with Gasteiger partial charge in [-0.15, -0.1) is 0 Å². The number of aliphatic hydroxyl groups excluding tert-OH is 1. The summed E-state index contributed by atoms with van der Waals surface area (Å²) in [6, 6.07) is 11.6. The summed E-state index contributed by atoms with van der Waals surface area (Å²) in [5, 5.41) is 13.3. The van der Waals surface area contributed by atoms with E-state index in [0.717, 1.165) is 24.2 Å². The lowest BCUT2D eigenvalue weighted by Crippen LogP contribution is -2.25. The summed E-state index contributed by atoms with van der Waals surface area (Å²) >= 11 is 0. The van der Waals surface area contributed by atoms with Crippen molar-refractivity contribution in [3.8, 4) is 0 Å². The molecule has 2 atom stereocenters. The van der Waals surface area contributed by atoms with E-state index >= 15 is 0 Å². The van der Waals surface area contributed by atoms with Crippen LogP contribution in [0.5, 0.6) is 0 Å². The van der Waals surface area contributed by atoms with Crippen LogP contribution in [-0.2, 0) is 4.79 Å². The number of benzene rings is 1. The number of hydrogen-bond donors (Lipinski definition) is 2. The maximum Gasteiger partial charge on any atom is 0.227 e. The smallest absolute Gasteiger partial charge is 0.227 e. The van der Waals surface area contributed by atoms with Gasteiger partial charge in [0.1, 0.15) is 11.9 Å². The number of amides is 1. The molecule has 1 aromatic carbocycles. The van der Waals surface area contributed by atoms with E-state index in [1.165, 1.54) is 0 Å². The van der Waals surface area contributed by atoms with Crippen molar-refractivity contribution < 1.29 is 14.3 Å². The molecule has 0 aliphatic carbocycles. The van der Waals surface area contributed by atoms with E-state index in [1.54, 1.807) is 18.4 Å². The first-order valence-electron chi connectivity index (χ1n) is 8.00. The van der Waals surface area contributed by atoms with Gasteiger partial charge >= 0.3 is 0 Å². The Kier molecular flexibility index (Phi) is 4.79. The molecule has 0 spiro atoms. The van der Waals surface area contributed by atoms with Crippen molar-refractivity contribution in [2.75, 3.05) is 18.0 Å². The molecule has 0 saturated carbocycles. The quantitative estimate of drug-likeness (QED) is 0.860. The number of rotatable bonds is 6. The van der Waals surface area contributed by atoms with Crippen LogP contribution in [0.15, 0.2) is 47.1 Å². The Balaban J connectivity index is 1.57. The summed E-state index contributed by atoms with van der Waals surface area (Å²) in [5.74, 6) is 0.762. The molecule has 5 nitrogen and oxygen atoms in total. The minimum atomic E-state index is -0.658. The highest BCUT2D eigenvalue weighted by molar-refractivity contribution is 5.95. The van der Waals surface area contributed by atoms with Crippen LogP contribution in [0.4, 0.5) is 5.69 Å². The summed E-state index contributed by atoms with van der Waals surface area (Å²) in [5.41, 5.74) is 2.08. The minimum Gasteiger partial charge on any atom is -0.467 e. The number of carbonyl (C=O) groups is 1. The third-order valence-electron chi connectivity index (χ3n) is 4.27. The van der Waals surface area contributed by atoms with E-state index in [1.807, 2.05) is 36.1 Å². The largest absolute Gasteiger partial charge is 0.467 e. The van der Waals surface area contributed by atoms with Gasteiger partial charge in [0.15, 0.2) is 0 Å². The minimum absolute atomic E-state index is 0.0999. The summed E-state index contributed by atoms with van der Waals surface area (Å²) in [7, 11) is 0. The van der Waals surface area contributed by atoms with E-state index in [0.29, 0.717) is 18.7 Å². The normalized spacial score (nSPS) is 17.5. The van der Waals surface area contributed by atoms with Crippen LogP contribution in [0.1, 0.15) is 43.2 Å². The van der Waals surface area contributed by atoms with Crippen molar-refractivity contribution in [3.05, 3.63) is 54.0 Å². The summed E-state index contributed by atoms with van der Waals surface area (Å²) in [6.45, 7) is 3.27. The highest BCUT2D eigenvalue weighted by atomic mass is 16.4. The fourth-order valence-electron chi connectivity index (χ4n) is 2.85. The number of hydrogen-bond acceptors (Lipinski definition) is 4. The third-order valence-corrected chi connectivity index (χ3v) is 4.27. The summed E-state index contributed by atoms with van der Waals surface area (Å²) < 4.78 is 5.19. The van der Waals surface area contributed by atoms with Crippen LogP contribution in [0.25, 0.3) is 0 Å². The second-order valence-corrected chi connectivity index (χ2v) is 5.90. The molecule has 1 fully saturated rings. The van der Waals surface area contributed by atoms with E-state index in [2.05, 4.69) is 5.32 Å². The molecule has 1 aliphatic rings. The Morgan fingerprint density at radius 3 is 2.70 bits per heavy atom. The van der Waals surface area contributed by atoms with Crippen molar-refractivity contribution in [3.63, 3.8) is 0 Å². The number of aliphatic hydroxyl groups is 1. The number of anilines is 1. The predicted octanol–water partition coefficient (Wildman–Crippen LogP) is 2.79. The number of furan rings is 1. The molecule has 122 valence electrons. The van der Waals surface area contributed by atoms with Gasteiger partial charge in [-0.25, -0.2) is 0 Å². The zero-order chi connectivity index (χ0) is 16.2. The van der Waals surface area contributed by atoms with Crippen molar-refractivity contribution in [1.29, 1.82) is 0 Å². The highest BCUT2D eigenvalue weighted by Crippen LogP contribution is 2.23. The lowest BCUT2D eigenvalue weighted by atomic mass is 10.1. The molecule has 1 saturated heterocycles. The van der Waals surface area contributed by atoms with E-state index in [-0.39, 0.29) is 11.9 Å². The van der Waals surface area contributed by atoms with Gasteiger partial charge in [0.05, 0.1) is 6.26 Å². The number of carbonyl (C=O) groups excluding carboxylic acids is 1. The molecule has 1 amide bonds. The van der Waals surface area contributed by atoms with Crippen LogP contribution in [0.2, 0.25) is 0 Å². The molecule has 2 N–H and O–H groups in total. The highest BCUT2D eigenvalue weighted by Gasteiger charge is 2.21. The van der Waals surface area contributed by atoms with Crippen LogP contribution in [0.3, 0.4) is 0 Å². The standard InChI is InChI=1S/C18H22N2O3/c1-13(19-12-16(21)17-4-3-11-23-17)14-6-8-15(9-7-14)20-10-2-5-18(20)22/h3-4,6-9,11,13,16,19,21H,2,5,10,12H2,1H3/t13-,16+/m1/s1. The summed E-state index contributed by atoms with van der Waals surface area (Å²) in [6.07, 6.45) is 2.47. The van der Waals surface area contributed by atoms with Crippen molar-refractivity contribution in [1.82, 2.24) is 5.32 Å². The van der Waals surface area contributed by atoms with Crippen molar-refractivity contribution in [2.24, 2.45) is 0 Å². The van der Waals surface area contributed by atoms with E-state index < -0.39 is 6.10 Å². The SMILES string of the molecule is C[C@@H](NC[C@H](O)c1ccco1)c1ccc(N2CCCC2=O)cc1. The van der Waals surface area contributed by atoms with Crippen LogP contribution < -0.4 is 10.2 Å². The number of nitrogens with zero attached hydrogens (tertiary/aromatic N) is 1. The fraction of sp³-hybridized carbons (Fsp3) is 0.389. The summed E-state index contributed by atoms with van der Waals surface area (Å²) in [4.78, 5) is 13.6. The zero-order valence-electron chi connectivity index (χ0n) is 13.2. The molecule has 23 heavy (non-hydrogen) atoms. The third kappa shape index (κ3) is 3.63. The lowest BCUT2D eigenvalue weighted by Gasteiger charge is -2.19. The topological polar surface area (TPSA) is 65.7 Å². The molecular weight excluding hydrogens is 292 g/mol. The maximum atomic E-state index is 11.8. The molecule has 2 aromatic rings. The Hall–Kier alpha value is -2.11. The van der Waals surface area contributed by atoms with Gasteiger partial charge in [0.2, 0.25) is 5.91 Å². The Bertz CT molecular complexity index is 637. The maximum absolute atomic E-state index is 11.8. The van der Waals surface area contributed by atoms with E-state index in [4.69, 9.17) is 4.42 Å². The average Bonchev–Trinajstić information content (AvgIpc) is 3.24. The molecule has 1 aliphatic heterocycles. The molecule has 0 bridgehead atoms. The van der Waals surface area contributed by atoms with Crippen molar-refractivity contribution >= 4 is 11.6 Å². The van der Waals surface area contributed by atoms with Crippen molar-refractivity contribution in [2.45, 2.75) is 31.9 Å². The first-order valence-corrected chi connectivity index (χ1v) is 8.00. The zero-order valence-corrected chi connectivity index (χ0v) is 13.2. The van der Waals surface area contributed by atoms with Gasteiger partial charge in [-0.1, -0.05) is 12.1 Å². The van der Waals surface area contributed by atoms with Gasteiger partial charge in [0.25, 0.3) is 0 Å². The van der Waals surface area contributed by atoms with Gasteiger partial charge < -0.3 is 19.7 Å². The molecular formula is C18H22N2O3. The van der Waals surface area contributed by atoms with Crippen LogP contribution in [-0.4, -0.2) is 24.1 Å². The molecule has 5 heteroatoms. The molecule has 0 unspecified atom stereocenters. The van der Waals surface area contributed by atoms with E-state index in [9.17, 15) is 9.90 Å². The Labute approximate surface area is 135 Å². The average molecular weight is 314 g/mol. The monoisotopic (exact) mass is 314 g/mol. The molecule has 3 rings (SSSR count). The first-order chi connectivity index (χ1) is 11.1. The molecule has 1 aromatic heterocycles. The second-order valence-electron chi connectivity index (χ2n) is 5.90. The van der Waals surface area contributed by atoms with Crippen LogP contribution >= 0.6 is 0 Å². The predicted molar refractivity (Wildman–Crippen MR) is 88.1 cm³/mol. The first kappa shape index (κ1) is 15.8. The molecule has 2 heterocycles. The lowest BCUT2D eigenvalue weighted by molar-refractivity contribution is -0.117. The molecule has 0 radical (unpaired) electrons. The van der Waals surface area contributed by atoms with Gasteiger partial charge in [-0.2, -0.15) is 0 Å². The Morgan fingerprint density at radius 1 is 1.30 bits per heavy atom. The fourth-order valence-corrected chi connectivity index (χ4v) is 2.85. The number of nitrogens with one attached hydrogen (secondary N) is 1. The van der Waals surface area contributed by atoms with Gasteiger partial charge in [-0.05, 0) is 43.2 Å². The van der Waals surface area contributed by atoms with Gasteiger partial charge in [0, 0.05) is 31.2 Å². The van der Waals surface area contributed by atoms with Gasteiger partial charge in [-0.3, -0.25) is 4.79 Å². The van der Waals surface area contributed by atoms with Crippen LogP contribution in [0, 0.1) is 0 Å². The Morgan fingerprint density at radius 2 is 2.09 bits per heavy atom. The second kappa shape index (κ2) is 6.98.